The fourth-order valence-electron chi connectivity index (χ4n) is 6.68. The molecule has 8 aromatic carbocycles. The summed E-state index contributed by atoms with van der Waals surface area (Å²) in [6.07, 6.45) is 0. The molecule has 0 amide bonds. The Kier molecular flexibility index (Phi) is 6.40. The lowest BCUT2D eigenvalue weighted by molar-refractivity contribution is 1.28. The number of rotatable bonds is 5. The van der Waals surface area contributed by atoms with Crippen LogP contribution in [0.4, 0.5) is 17.1 Å². The SMILES string of the molecule is c1ccc(N(c2ccc(-c3ccc4ccccc4c3)cc2)c2ccc(-c3ccc4ccc5c6ccccc6sc5c4c3)cc2)cc1. The molecule has 9 aromatic rings. The molecule has 1 heterocycles. The van der Waals surface area contributed by atoms with Crippen LogP contribution in [0.25, 0.3) is 64.0 Å². The average Bonchev–Trinajstić information content (AvgIpc) is 3.52. The van der Waals surface area contributed by atoms with Crippen LogP contribution in [0.3, 0.4) is 0 Å². The largest absolute Gasteiger partial charge is 0.311 e. The van der Waals surface area contributed by atoms with Gasteiger partial charge in [0.25, 0.3) is 0 Å². The molecule has 0 saturated carbocycles. The molecule has 0 unspecified atom stereocenters. The van der Waals surface area contributed by atoms with Crippen molar-refractivity contribution >= 4 is 70.1 Å². The van der Waals surface area contributed by atoms with E-state index in [-0.39, 0.29) is 0 Å². The van der Waals surface area contributed by atoms with Gasteiger partial charge < -0.3 is 4.90 Å². The Morgan fingerprint density at radius 1 is 0.326 bits per heavy atom. The summed E-state index contributed by atoms with van der Waals surface area (Å²) in [7, 11) is 0. The maximum absolute atomic E-state index is 2.36. The van der Waals surface area contributed by atoms with E-state index in [0.29, 0.717) is 0 Å². The first-order chi connectivity index (χ1) is 22.8. The highest BCUT2D eigenvalue weighted by Crippen LogP contribution is 2.41. The maximum atomic E-state index is 2.36. The summed E-state index contributed by atoms with van der Waals surface area (Å²) in [5, 5.41) is 7.80. The summed E-state index contributed by atoms with van der Waals surface area (Å²) in [6.45, 7) is 0. The van der Waals surface area contributed by atoms with Crippen molar-refractivity contribution in [2.45, 2.75) is 0 Å². The molecule has 0 bridgehead atoms. The van der Waals surface area contributed by atoms with Crippen LogP contribution < -0.4 is 4.90 Å². The Morgan fingerprint density at radius 2 is 0.870 bits per heavy atom. The van der Waals surface area contributed by atoms with E-state index in [4.69, 9.17) is 0 Å². The van der Waals surface area contributed by atoms with Crippen molar-refractivity contribution in [2.75, 3.05) is 4.90 Å². The van der Waals surface area contributed by atoms with E-state index in [0.717, 1.165) is 17.1 Å². The topological polar surface area (TPSA) is 3.24 Å². The number of hydrogen-bond donors (Lipinski definition) is 0. The van der Waals surface area contributed by atoms with Crippen molar-refractivity contribution in [3.05, 3.63) is 176 Å². The average molecular weight is 604 g/mol. The fraction of sp³-hybridized carbons (Fsp3) is 0. The Bertz CT molecular complexity index is 2510. The Morgan fingerprint density at radius 3 is 1.61 bits per heavy atom. The summed E-state index contributed by atoms with van der Waals surface area (Å²) in [6, 6.07) is 63.9. The van der Waals surface area contributed by atoms with E-state index in [9.17, 15) is 0 Å². The molecular weight excluding hydrogens is 575 g/mol. The van der Waals surface area contributed by atoms with E-state index < -0.39 is 0 Å². The Labute approximate surface area is 272 Å². The minimum absolute atomic E-state index is 1.13. The molecule has 0 radical (unpaired) electrons. The number of benzene rings is 8. The Hall–Kier alpha value is -5.70. The van der Waals surface area contributed by atoms with E-state index in [1.54, 1.807) is 0 Å². The fourth-order valence-corrected chi connectivity index (χ4v) is 7.91. The molecule has 0 spiro atoms. The van der Waals surface area contributed by atoms with Gasteiger partial charge in [-0.05, 0) is 93.0 Å². The van der Waals surface area contributed by atoms with Gasteiger partial charge in [0, 0.05) is 42.6 Å². The monoisotopic (exact) mass is 603 g/mol. The number of nitrogens with zero attached hydrogens (tertiary/aromatic N) is 1. The summed E-state index contributed by atoms with van der Waals surface area (Å²) in [4.78, 5) is 2.33. The number of fused-ring (bicyclic) bond motifs is 6. The molecule has 0 fully saturated rings. The van der Waals surface area contributed by atoms with Crippen molar-refractivity contribution in [1.29, 1.82) is 0 Å². The van der Waals surface area contributed by atoms with Gasteiger partial charge in [-0.2, -0.15) is 0 Å². The normalized spacial score (nSPS) is 11.5. The third kappa shape index (κ3) is 4.63. The number of anilines is 3. The third-order valence-electron chi connectivity index (χ3n) is 9.04. The van der Waals surface area contributed by atoms with Gasteiger partial charge in [0.2, 0.25) is 0 Å². The second kappa shape index (κ2) is 11.0. The summed E-state index contributed by atoms with van der Waals surface area (Å²) >= 11 is 1.89. The van der Waals surface area contributed by atoms with Gasteiger partial charge in [-0.25, -0.2) is 0 Å². The van der Waals surface area contributed by atoms with E-state index in [1.165, 1.54) is 64.0 Å². The standard InChI is InChI=1S/C44H29NS/c1-2-10-37(11-3-1)45(38-23-18-31(19-24-38)35-16-14-30-8-4-5-9-34(30)28-35)39-25-20-32(21-26-39)36-17-15-33-22-27-41-40-12-6-7-13-43(40)46-44(41)42(33)29-36/h1-29H. The molecule has 0 saturated heterocycles. The lowest BCUT2D eigenvalue weighted by atomic mass is 9.99. The maximum Gasteiger partial charge on any atom is 0.0462 e. The second-order valence-electron chi connectivity index (χ2n) is 11.8. The molecule has 46 heavy (non-hydrogen) atoms. The number of hydrogen-bond acceptors (Lipinski definition) is 2. The van der Waals surface area contributed by atoms with Crippen molar-refractivity contribution in [3.8, 4) is 22.3 Å². The molecular formula is C44H29NS. The van der Waals surface area contributed by atoms with Crippen molar-refractivity contribution in [1.82, 2.24) is 0 Å². The van der Waals surface area contributed by atoms with Gasteiger partial charge in [-0.3, -0.25) is 0 Å². The van der Waals surface area contributed by atoms with Crippen LogP contribution >= 0.6 is 11.3 Å². The van der Waals surface area contributed by atoms with Crippen LogP contribution in [0.2, 0.25) is 0 Å². The minimum atomic E-state index is 1.13. The summed E-state index contributed by atoms with van der Waals surface area (Å²) in [5.41, 5.74) is 8.26. The zero-order chi connectivity index (χ0) is 30.5. The molecule has 0 N–H and O–H groups in total. The first-order valence-electron chi connectivity index (χ1n) is 15.7. The van der Waals surface area contributed by atoms with Crippen LogP contribution in [0, 0.1) is 0 Å². The molecule has 2 heteroatoms. The highest BCUT2D eigenvalue weighted by molar-refractivity contribution is 7.26. The molecule has 1 aromatic heterocycles. The van der Waals surface area contributed by atoms with Crippen molar-refractivity contribution < 1.29 is 0 Å². The highest BCUT2D eigenvalue weighted by Gasteiger charge is 2.14. The smallest absolute Gasteiger partial charge is 0.0462 e. The van der Waals surface area contributed by atoms with Crippen LogP contribution in [-0.2, 0) is 0 Å². The Balaban J connectivity index is 1.08. The van der Waals surface area contributed by atoms with Crippen LogP contribution in [-0.4, -0.2) is 0 Å². The van der Waals surface area contributed by atoms with E-state index in [2.05, 4.69) is 181 Å². The number of para-hydroxylation sites is 1. The second-order valence-corrected chi connectivity index (χ2v) is 12.9. The van der Waals surface area contributed by atoms with Crippen LogP contribution in [0.1, 0.15) is 0 Å². The number of thiophene rings is 1. The molecule has 1 nitrogen and oxygen atoms in total. The zero-order valence-electron chi connectivity index (χ0n) is 25.1. The molecule has 216 valence electrons. The van der Waals surface area contributed by atoms with Gasteiger partial charge in [-0.1, -0.05) is 121 Å². The summed E-state index contributed by atoms with van der Waals surface area (Å²) in [5.74, 6) is 0. The van der Waals surface area contributed by atoms with E-state index >= 15 is 0 Å². The predicted molar refractivity (Wildman–Crippen MR) is 200 cm³/mol. The molecule has 0 aliphatic rings. The first kappa shape index (κ1) is 26.7. The first-order valence-corrected chi connectivity index (χ1v) is 16.5. The van der Waals surface area contributed by atoms with Crippen LogP contribution in [0.5, 0.6) is 0 Å². The molecule has 9 rings (SSSR count). The molecule has 0 atom stereocenters. The molecule has 0 aliphatic heterocycles. The van der Waals surface area contributed by atoms with Crippen molar-refractivity contribution in [2.24, 2.45) is 0 Å². The molecule has 0 aliphatic carbocycles. The zero-order valence-corrected chi connectivity index (χ0v) is 25.9. The van der Waals surface area contributed by atoms with E-state index in [1.807, 2.05) is 11.3 Å². The quantitative estimate of drug-likeness (QED) is 0.189. The van der Waals surface area contributed by atoms with Gasteiger partial charge in [0.05, 0.1) is 0 Å². The van der Waals surface area contributed by atoms with Crippen molar-refractivity contribution in [3.63, 3.8) is 0 Å². The van der Waals surface area contributed by atoms with Gasteiger partial charge in [0.1, 0.15) is 0 Å². The summed E-state index contributed by atoms with van der Waals surface area (Å²) < 4.78 is 2.70. The lowest BCUT2D eigenvalue weighted by Crippen LogP contribution is -2.09. The van der Waals surface area contributed by atoms with Gasteiger partial charge in [0.15, 0.2) is 0 Å². The lowest BCUT2D eigenvalue weighted by Gasteiger charge is -2.26. The van der Waals surface area contributed by atoms with Gasteiger partial charge >= 0.3 is 0 Å². The van der Waals surface area contributed by atoms with Gasteiger partial charge in [-0.15, -0.1) is 11.3 Å². The predicted octanol–water partition coefficient (Wildman–Crippen LogP) is 13.2. The van der Waals surface area contributed by atoms with Crippen LogP contribution in [0.15, 0.2) is 176 Å². The third-order valence-corrected chi connectivity index (χ3v) is 10.3. The minimum Gasteiger partial charge on any atom is -0.311 e. The highest BCUT2D eigenvalue weighted by atomic mass is 32.1.